The van der Waals surface area contributed by atoms with Crippen molar-refractivity contribution >= 4 is 35.2 Å². The molecule has 0 fully saturated rings. The Bertz CT molecular complexity index is 686. The SMILES string of the molecule is C=C/C=C(\C=C)CNc1nc(SC(C(C)=O)C(C)=O)nc(N(C)C)n1. The van der Waals surface area contributed by atoms with E-state index in [1.165, 1.54) is 13.8 Å². The van der Waals surface area contributed by atoms with Gasteiger partial charge in [-0.25, -0.2) is 0 Å². The summed E-state index contributed by atoms with van der Waals surface area (Å²) in [6.07, 6.45) is 5.20. The van der Waals surface area contributed by atoms with Gasteiger partial charge in [0.05, 0.1) is 0 Å². The van der Waals surface area contributed by atoms with Crippen LogP contribution in [0.25, 0.3) is 0 Å². The number of Topliss-reactive ketones (excluding diaryl/α,β-unsaturated/α-hetero) is 2. The van der Waals surface area contributed by atoms with E-state index >= 15 is 0 Å². The average molecular weight is 361 g/mol. The van der Waals surface area contributed by atoms with E-state index < -0.39 is 5.25 Å². The number of allylic oxidation sites excluding steroid dienone is 2. The molecule has 1 aromatic heterocycles. The lowest BCUT2D eigenvalue weighted by Crippen LogP contribution is -2.23. The Kier molecular flexibility index (Phi) is 8.00. The number of carbonyl (C=O) groups excluding carboxylic acids is 2. The molecule has 0 spiro atoms. The van der Waals surface area contributed by atoms with Crippen LogP contribution >= 0.6 is 11.8 Å². The molecule has 1 rings (SSSR count). The molecule has 134 valence electrons. The Morgan fingerprint density at radius 1 is 1.20 bits per heavy atom. The molecule has 0 atom stereocenters. The number of rotatable bonds is 10. The Morgan fingerprint density at radius 3 is 2.32 bits per heavy atom. The molecule has 1 N–H and O–H groups in total. The van der Waals surface area contributed by atoms with Gasteiger partial charge < -0.3 is 10.2 Å². The van der Waals surface area contributed by atoms with Gasteiger partial charge in [0.15, 0.2) is 16.7 Å². The monoisotopic (exact) mass is 361 g/mol. The number of hydrogen-bond acceptors (Lipinski definition) is 8. The number of hydrogen-bond donors (Lipinski definition) is 1. The first-order valence-corrected chi connectivity index (χ1v) is 8.45. The van der Waals surface area contributed by atoms with Crippen molar-refractivity contribution < 1.29 is 9.59 Å². The Labute approximate surface area is 152 Å². The van der Waals surface area contributed by atoms with Gasteiger partial charge in [-0.1, -0.05) is 43.1 Å². The summed E-state index contributed by atoms with van der Waals surface area (Å²) in [6.45, 7) is 10.6. The highest BCUT2D eigenvalue weighted by molar-refractivity contribution is 8.01. The van der Waals surface area contributed by atoms with E-state index in [0.717, 1.165) is 17.3 Å². The minimum atomic E-state index is -0.824. The first kappa shape index (κ1) is 20.6. The molecule has 8 heteroatoms. The second-order valence-corrected chi connectivity index (χ2v) is 6.46. The molecule has 1 aromatic rings. The fourth-order valence-corrected chi connectivity index (χ4v) is 2.58. The third-order valence-corrected chi connectivity index (χ3v) is 4.30. The van der Waals surface area contributed by atoms with Crippen LogP contribution in [0.1, 0.15) is 13.8 Å². The summed E-state index contributed by atoms with van der Waals surface area (Å²) in [7, 11) is 3.60. The fourth-order valence-electron chi connectivity index (χ4n) is 1.77. The second kappa shape index (κ2) is 9.73. The molecule has 0 bridgehead atoms. The molecule has 1 heterocycles. The lowest BCUT2D eigenvalue weighted by molar-refractivity contribution is -0.123. The van der Waals surface area contributed by atoms with Gasteiger partial charge in [-0.15, -0.1) is 0 Å². The van der Waals surface area contributed by atoms with E-state index in [1.54, 1.807) is 31.1 Å². The molecule has 0 aliphatic rings. The Hall–Kier alpha value is -2.48. The zero-order chi connectivity index (χ0) is 19.0. The first-order chi connectivity index (χ1) is 11.8. The van der Waals surface area contributed by atoms with Gasteiger partial charge in [0, 0.05) is 20.6 Å². The van der Waals surface area contributed by atoms with Crippen LogP contribution in [-0.4, -0.2) is 52.4 Å². The van der Waals surface area contributed by atoms with Gasteiger partial charge in [-0.05, 0) is 19.4 Å². The molecule has 0 amide bonds. The molecule has 0 radical (unpaired) electrons. The number of aromatic nitrogens is 3. The highest BCUT2D eigenvalue weighted by atomic mass is 32.2. The van der Waals surface area contributed by atoms with Crippen LogP contribution in [0.2, 0.25) is 0 Å². The van der Waals surface area contributed by atoms with Crippen LogP contribution in [0, 0.1) is 0 Å². The highest BCUT2D eigenvalue weighted by Crippen LogP contribution is 2.23. The molecule has 0 aromatic carbocycles. The van der Waals surface area contributed by atoms with Crippen molar-refractivity contribution in [3.63, 3.8) is 0 Å². The zero-order valence-electron chi connectivity index (χ0n) is 14.9. The molecule has 0 unspecified atom stereocenters. The van der Waals surface area contributed by atoms with E-state index in [0.29, 0.717) is 23.6 Å². The van der Waals surface area contributed by atoms with Gasteiger partial charge in [0.2, 0.25) is 11.9 Å². The number of nitrogens with zero attached hydrogens (tertiary/aromatic N) is 4. The number of thioether (sulfide) groups is 1. The van der Waals surface area contributed by atoms with Gasteiger partial charge >= 0.3 is 0 Å². The van der Waals surface area contributed by atoms with E-state index in [2.05, 4.69) is 33.4 Å². The van der Waals surface area contributed by atoms with Crippen LogP contribution in [0.4, 0.5) is 11.9 Å². The van der Waals surface area contributed by atoms with Crippen molar-refractivity contribution in [2.45, 2.75) is 24.3 Å². The molecule has 0 aliphatic carbocycles. The van der Waals surface area contributed by atoms with Gasteiger partial charge in [0.25, 0.3) is 0 Å². The summed E-state index contributed by atoms with van der Waals surface area (Å²) in [5.74, 6) is 0.311. The van der Waals surface area contributed by atoms with Crippen molar-refractivity contribution in [1.29, 1.82) is 0 Å². The number of anilines is 2. The Morgan fingerprint density at radius 2 is 1.84 bits per heavy atom. The summed E-state index contributed by atoms with van der Waals surface area (Å²) >= 11 is 1.02. The van der Waals surface area contributed by atoms with Crippen molar-refractivity contribution in [2.75, 3.05) is 30.9 Å². The maximum absolute atomic E-state index is 11.7. The third kappa shape index (κ3) is 6.50. The van der Waals surface area contributed by atoms with Gasteiger partial charge in [-0.2, -0.15) is 15.0 Å². The van der Waals surface area contributed by atoms with E-state index in [1.807, 2.05) is 6.08 Å². The largest absolute Gasteiger partial charge is 0.350 e. The fraction of sp³-hybridized carbons (Fsp3) is 0.353. The molecule has 0 aliphatic heterocycles. The quantitative estimate of drug-likeness (QED) is 0.386. The van der Waals surface area contributed by atoms with Crippen molar-refractivity contribution in [1.82, 2.24) is 15.0 Å². The van der Waals surface area contributed by atoms with Crippen LogP contribution in [0.5, 0.6) is 0 Å². The van der Waals surface area contributed by atoms with Gasteiger partial charge in [0.1, 0.15) is 5.25 Å². The van der Waals surface area contributed by atoms with E-state index in [9.17, 15) is 9.59 Å². The topological polar surface area (TPSA) is 88.1 Å². The second-order valence-electron chi connectivity index (χ2n) is 5.39. The number of carbonyl (C=O) groups is 2. The van der Waals surface area contributed by atoms with E-state index in [4.69, 9.17) is 0 Å². The highest BCUT2D eigenvalue weighted by Gasteiger charge is 2.23. The van der Waals surface area contributed by atoms with Crippen LogP contribution in [0.3, 0.4) is 0 Å². The molecule has 25 heavy (non-hydrogen) atoms. The molecule has 0 saturated carbocycles. The lowest BCUT2D eigenvalue weighted by atomic mass is 10.2. The van der Waals surface area contributed by atoms with Crippen molar-refractivity contribution in [3.05, 3.63) is 37.0 Å². The first-order valence-electron chi connectivity index (χ1n) is 7.57. The summed E-state index contributed by atoms with van der Waals surface area (Å²) in [5, 5.41) is 2.57. The molecular formula is C17H23N5O2S. The van der Waals surface area contributed by atoms with Crippen LogP contribution in [-0.2, 0) is 9.59 Å². The summed E-state index contributed by atoms with van der Waals surface area (Å²) in [5.41, 5.74) is 0.918. The summed E-state index contributed by atoms with van der Waals surface area (Å²) in [4.78, 5) is 37.9. The lowest BCUT2D eigenvalue weighted by Gasteiger charge is -2.15. The van der Waals surface area contributed by atoms with Crippen molar-refractivity contribution in [2.24, 2.45) is 0 Å². The zero-order valence-corrected chi connectivity index (χ0v) is 15.8. The summed E-state index contributed by atoms with van der Waals surface area (Å²) in [6, 6.07) is 0. The normalized spacial score (nSPS) is 11.2. The van der Waals surface area contributed by atoms with Crippen molar-refractivity contribution in [3.8, 4) is 0 Å². The van der Waals surface area contributed by atoms with Gasteiger partial charge in [-0.3, -0.25) is 9.59 Å². The maximum Gasteiger partial charge on any atom is 0.230 e. The number of ketones is 2. The minimum absolute atomic E-state index is 0.235. The predicted molar refractivity (Wildman–Crippen MR) is 102 cm³/mol. The number of nitrogens with one attached hydrogen (secondary N) is 1. The maximum atomic E-state index is 11.7. The summed E-state index contributed by atoms with van der Waals surface area (Å²) < 4.78 is 0. The van der Waals surface area contributed by atoms with Crippen LogP contribution in [0.15, 0.2) is 42.1 Å². The standard InChI is InChI=1S/C17H23N5O2S/c1-7-9-13(8-2)10-18-15-19-16(22(5)6)21-17(20-15)25-14(11(3)23)12(4)24/h7-9,14H,1-2,10H2,3-6H3,(H,18,19,20,21)/b13-9+. The average Bonchev–Trinajstić information content (AvgIpc) is 2.55. The molecular weight excluding hydrogens is 338 g/mol. The Balaban J connectivity index is 3.10. The minimum Gasteiger partial charge on any atom is -0.350 e. The third-order valence-electron chi connectivity index (χ3n) is 3.01. The predicted octanol–water partition coefficient (Wildman–Crippen LogP) is 2.29. The van der Waals surface area contributed by atoms with Crippen LogP contribution < -0.4 is 10.2 Å². The van der Waals surface area contributed by atoms with E-state index in [-0.39, 0.29) is 11.6 Å². The molecule has 7 nitrogen and oxygen atoms in total. The smallest absolute Gasteiger partial charge is 0.230 e. The molecule has 0 saturated heterocycles.